The van der Waals surface area contributed by atoms with Gasteiger partial charge in [-0.15, -0.1) is 0 Å². The number of alkyl halides is 3. The van der Waals surface area contributed by atoms with E-state index >= 15 is 0 Å². The van der Waals surface area contributed by atoms with Crippen LogP contribution in [-0.2, 0) is 3.79 Å². The molecule has 5 nitrogen and oxygen atoms in total. The zero-order chi connectivity index (χ0) is 15.6. The highest BCUT2D eigenvalue weighted by Gasteiger charge is 2.30. The summed E-state index contributed by atoms with van der Waals surface area (Å²) < 4.78 is -1.63. The Morgan fingerprint density at radius 3 is 1.41 bits per heavy atom. The van der Waals surface area contributed by atoms with Crippen LogP contribution in [0.1, 0.15) is 44.3 Å². The van der Waals surface area contributed by atoms with Crippen LogP contribution in [0.2, 0.25) is 0 Å². The first kappa shape index (κ1) is 16.3. The molecule has 1 aromatic rings. The van der Waals surface area contributed by atoms with E-state index in [0.717, 1.165) is 51.9 Å². The second-order valence-corrected chi connectivity index (χ2v) is 8.13. The molecule has 0 atom stereocenters. The monoisotopic (exact) mass is 363 g/mol. The van der Waals surface area contributed by atoms with Gasteiger partial charge in [-0.2, -0.15) is 15.0 Å². The minimum absolute atomic E-state index is 0.216. The SMILES string of the molecule is ClC(Cl)(Cl)c1nc(N2CCCCC2)nc(N2CCCCC2)n1. The summed E-state index contributed by atoms with van der Waals surface area (Å²) in [5.74, 6) is 1.49. The van der Waals surface area contributed by atoms with E-state index in [1.54, 1.807) is 0 Å². The standard InChI is InChI=1S/C14H20Cl3N5/c15-14(16,17)11-18-12(21-7-3-1-4-8-21)20-13(19-11)22-9-5-2-6-10-22/h1-10H2. The molecule has 2 fully saturated rings. The average Bonchev–Trinajstić information content (AvgIpc) is 2.55. The van der Waals surface area contributed by atoms with Gasteiger partial charge in [0.2, 0.25) is 15.7 Å². The predicted molar refractivity (Wildman–Crippen MR) is 91.2 cm³/mol. The maximum atomic E-state index is 6.02. The van der Waals surface area contributed by atoms with Gasteiger partial charge < -0.3 is 9.80 Å². The van der Waals surface area contributed by atoms with Crippen molar-refractivity contribution in [1.82, 2.24) is 15.0 Å². The van der Waals surface area contributed by atoms with Crippen molar-refractivity contribution in [1.29, 1.82) is 0 Å². The number of rotatable bonds is 2. The molecule has 0 saturated carbocycles. The fourth-order valence-corrected chi connectivity index (χ4v) is 3.20. The van der Waals surface area contributed by atoms with Gasteiger partial charge in [-0.1, -0.05) is 34.8 Å². The first-order valence-corrected chi connectivity index (χ1v) is 9.00. The van der Waals surface area contributed by atoms with E-state index in [2.05, 4.69) is 24.8 Å². The third-order valence-corrected chi connectivity index (χ3v) is 4.65. The lowest BCUT2D eigenvalue weighted by atomic mass is 10.1. The predicted octanol–water partition coefficient (Wildman–Crippen LogP) is 3.68. The molecule has 0 N–H and O–H groups in total. The Bertz CT molecular complexity index is 471. The Balaban J connectivity index is 1.93. The van der Waals surface area contributed by atoms with Crippen LogP contribution in [0.5, 0.6) is 0 Å². The summed E-state index contributed by atoms with van der Waals surface area (Å²) >= 11 is 18.1. The number of nitrogens with zero attached hydrogens (tertiary/aromatic N) is 5. The number of piperidine rings is 2. The van der Waals surface area contributed by atoms with Crippen molar-refractivity contribution in [2.24, 2.45) is 0 Å². The summed E-state index contributed by atoms with van der Waals surface area (Å²) in [4.78, 5) is 17.8. The average molecular weight is 365 g/mol. The van der Waals surface area contributed by atoms with E-state index < -0.39 is 3.79 Å². The van der Waals surface area contributed by atoms with Crippen molar-refractivity contribution >= 4 is 46.7 Å². The molecule has 0 amide bonds. The Labute approximate surface area is 146 Å². The maximum Gasteiger partial charge on any atom is 0.250 e. The summed E-state index contributed by atoms with van der Waals surface area (Å²) in [6, 6.07) is 0. The number of halogens is 3. The number of anilines is 2. The minimum Gasteiger partial charge on any atom is -0.341 e. The largest absolute Gasteiger partial charge is 0.341 e. The van der Waals surface area contributed by atoms with Gasteiger partial charge >= 0.3 is 0 Å². The first-order chi connectivity index (χ1) is 10.5. The van der Waals surface area contributed by atoms with Crippen molar-refractivity contribution in [3.05, 3.63) is 5.82 Å². The van der Waals surface area contributed by atoms with Crippen molar-refractivity contribution in [3.8, 4) is 0 Å². The van der Waals surface area contributed by atoms with Crippen LogP contribution in [0.4, 0.5) is 11.9 Å². The molecule has 122 valence electrons. The molecule has 3 rings (SSSR count). The molecular weight excluding hydrogens is 345 g/mol. The summed E-state index contributed by atoms with van der Waals surface area (Å²) in [6.07, 6.45) is 7.08. The second kappa shape index (κ2) is 6.93. The molecular formula is C14H20Cl3N5. The van der Waals surface area contributed by atoms with Crippen LogP contribution in [-0.4, -0.2) is 41.1 Å². The molecule has 2 aliphatic rings. The summed E-state index contributed by atoms with van der Waals surface area (Å²) in [7, 11) is 0. The van der Waals surface area contributed by atoms with Crippen LogP contribution >= 0.6 is 34.8 Å². The molecule has 22 heavy (non-hydrogen) atoms. The molecule has 0 radical (unpaired) electrons. The zero-order valence-corrected chi connectivity index (χ0v) is 14.7. The lowest BCUT2D eigenvalue weighted by Gasteiger charge is -2.30. The van der Waals surface area contributed by atoms with E-state index in [1.807, 2.05) is 0 Å². The molecule has 2 aliphatic heterocycles. The van der Waals surface area contributed by atoms with E-state index in [0.29, 0.717) is 11.9 Å². The van der Waals surface area contributed by atoms with Crippen LogP contribution < -0.4 is 9.80 Å². The van der Waals surface area contributed by atoms with E-state index in [-0.39, 0.29) is 5.82 Å². The van der Waals surface area contributed by atoms with Gasteiger partial charge in [-0.3, -0.25) is 0 Å². The minimum atomic E-state index is -1.63. The highest BCUT2D eigenvalue weighted by atomic mass is 35.6. The summed E-state index contributed by atoms with van der Waals surface area (Å²) in [5.41, 5.74) is 0. The van der Waals surface area contributed by atoms with E-state index in [4.69, 9.17) is 34.8 Å². The molecule has 0 aliphatic carbocycles. The zero-order valence-electron chi connectivity index (χ0n) is 12.4. The first-order valence-electron chi connectivity index (χ1n) is 7.87. The van der Waals surface area contributed by atoms with Crippen LogP contribution in [0.15, 0.2) is 0 Å². The fraction of sp³-hybridized carbons (Fsp3) is 0.786. The second-order valence-electron chi connectivity index (χ2n) is 5.85. The molecule has 0 aromatic carbocycles. The van der Waals surface area contributed by atoms with Crippen molar-refractivity contribution in [2.45, 2.75) is 42.3 Å². The van der Waals surface area contributed by atoms with Gasteiger partial charge in [0.1, 0.15) is 0 Å². The van der Waals surface area contributed by atoms with Crippen LogP contribution in [0, 0.1) is 0 Å². The highest BCUT2D eigenvalue weighted by molar-refractivity contribution is 6.66. The van der Waals surface area contributed by atoms with Gasteiger partial charge in [-0.05, 0) is 38.5 Å². The molecule has 3 heterocycles. The maximum absolute atomic E-state index is 6.02. The normalized spacial score (nSPS) is 20.3. The van der Waals surface area contributed by atoms with Gasteiger partial charge in [0.05, 0.1) is 0 Å². The van der Waals surface area contributed by atoms with E-state index in [9.17, 15) is 0 Å². The molecule has 2 saturated heterocycles. The lowest BCUT2D eigenvalue weighted by molar-refractivity contribution is 0.553. The van der Waals surface area contributed by atoms with Gasteiger partial charge in [0, 0.05) is 26.2 Å². The number of aromatic nitrogens is 3. The smallest absolute Gasteiger partial charge is 0.250 e. The fourth-order valence-electron chi connectivity index (χ4n) is 2.95. The molecule has 0 spiro atoms. The summed E-state index contributed by atoms with van der Waals surface area (Å²) in [5, 5.41) is 0. The van der Waals surface area contributed by atoms with Crippen molar-refractivity contribution < 1.29 is 0 Å². The van der Waals surface area contributed by atoms with Gasteiger partial charge in [0.15, 0.2) is 5.82 Å². The Hall–Kier alpha value is -0.520. The van der Waals surface area contributed by atoms with Crippen LogP contribution in [0.25, 0.3) is 0 Å². The molecule has 0 bridgehead atoms. The van der Waals surface area contributed by atoms with Crippen molar-refractivity contribution in [2.75, 3.05) is 36.0 Å². The lowest BCUT2D eigenvalue weighted by Crippen LogP contribution is -2.35. The van der Waals surface area contributed by atoms with E-state index in [1.165, 1.54) is 12.8 Å². The van der Waals surface area contributed by atoms with Gasteiger partial charge in [0.25, 0.3) is 0 Å². The number of hydrogen-bond donors (Lipinski definition) is 0. The third kappa shape index (κ3) is 3.87. The number of hydrogen-bond acceptors (Lipinski definition) is 5. The van der Waals surface area contributed by atoms with Crippen LogP contribution in [0.3, 0.4) is 0 Å². The quantitative estimate of drug-likeness (QED) is 0.749. The Morgan fingerprint density at radius 2 is 1.05 bits per heavy atom. The summed E-state index contributed by atoms with van der Waals surface area (Å²) in [6.45, 7) is 3.79. The topological polar surface area (TPSA) is 45.2 Å². The van der Waals surface area contributed by atoms with Gasteiger partial charge in [-0.25, -0.2) is 0 Å². The highest BCUT2D eigenvalue weighted by Crippen LogP contribution is 2.37. The Morgan fingerprint density at radius 1 is 0.636 bits per heavy atom. The molecule has 8 heteroatoms. The Kier molecular flexibility index (Phi) is 5.15. The molecule has 0 unspecified atom stereocenters. The molecule has 1 aromatic heterocycles. The third-order valence-electron chi connectivity index (χ3n) is 4.14. The van der Waals surface area contributed by atoms with Crippen molar-refractivity contribution in [3.63, 3.8) is 0 Å².